The number of carbonyl (C=O) groups excluding carboxylic acids is 2. The van der Waals surface area contributed by atoms with Crippen LogP contribution in [0.2, 0.25) is 5.02 Å². The van der Waals surface area contributed by atoms with Gasteiger partial charge in [0.1, 0.15) is 5.41 Å². The molecule has 0 radical (unpaired) electrons. The molecule has 2 amide bonds. The fourth-order valence-electron chi connectivity index (χ4n) is 3.31. The minimum atomic E-state index is -0.981. The Labute approximate surface area is 168 Å². The van der Waals surface area contributed by atoms with Gasteiger partial charge in [-0.1, -0.05) is 41.9 Å². The summed E-state index contributed by atoms with van der Waals surface area (Å²) in [7, 11) is 0. The van der Waals surface area contributed by atoms with Gasteiger partial charge in [-0.2, -0.15) is 0 Å². The Bertz CT molecular complexity index is 1040. The predicted molar refractivity (Wildman–Crippen MR) is 110 cm³/mol. The van der Waals surface area contributed by atoms with Crippen molar-refractivity contribution in [2.75, 3.05) is 11.9 Å². The fraction of sp³-hybridized carbons (Fsp3) is 0.227. The van der Waals surface area contributed by atoms with Gasteiger partial charge in [-0.25, -0.2) is 0 Å². The summed E-state index contributed by atoms with van der Waals surface area (Å²) in [6.45, 7) is 0.462. The lowest BCUT2D eigenvalue weighted by Crippen LogP contribution is -2.40. The largest absolute Gasteiger partial charge is 0.355 e. The molecule has 0 unspecified atom stereocenters. The van der Waals surface area contributed by atoms with Crippen LogP contribution < -0.4 is 10.6 Å². The van der Waals surface area contributed by atoms with Crippen molar-refractivity contribution in [3.63, 3.8) is 0 Å². The Hall–Kier alpha value is -2.92. The molecular weight excluding hydrogens is 374 g/mol. The molecule has 1 saturated carbocycles. The zero-order valence-corrected chi connectivity index (χ0v) is 16.0. The van der Waals surface area contributed by atoms with Gasteiger partial charge in [-0.05, 0) is 49.1 Å². The van der Waals surface area contributed by atoms with Crippen molar-refractivity contribution in [1.29, 1.82) is 0 Å². The smallest absolute Gasteiger partial charge is 0.240 e. The van der Waals surface area contributed by atoms with Crippen molar-refractivity contribution >= 4 is 40.0 Å². The van der Waals surface area contributed by atoms with Gasteiger partial charge in [0.15, 0.2) is 0 Å². The second-order valence-corrected chi connectivity index (χ2v) is 7.49. The Morgan fingerprint density at radius 2 is 1.82 bits per heavy atom. The van der Waals surface area contributed by atoms with E-state index in [0.717, 1.165) is 16.5 Å². The molecule has 142 valence electrons. The number of amides is 2. The summed E-state index contributed by atoms with van der Waals surface area (Å²) in [5, 5.41) is 7.42. The van der Waals surface area contributed by atoms with E-state index in [1.807, 2.05) is 48.5 Å². The molecule has 0 atom stereocenters. The van der Waals surface area contributed by atoms with Crippen LogP contribution in [0, 0.1) is 5.41 Å². The van der Waals surface area contributed by atoms with Crippen molar-refractivity contribution in [3.8, 4) is 0 Å². The van der Waals surface area contributed by atoms with Crippen LogP contribution in [0.1, 0.15) is 18.4 Å². The van der Waals surface area contributed by atoms with Gasteiger partial charge >= 0.3 is 0 Å². The summed E-state index contributed by atoms with van der Waals surface area (Å²) in [5.74, 6) is -0.494. The number of hydrogen-bond donors (Lipinski definition) is 2. The van der Waals surface area contributed by atoms with E-state index in [2.05, 4.69) is 15.6 Å². The van der Waals surface area contributed by atoms with Crippen LogP contribution in [0.15, 0.2) is 60.8 Å². The average Bonchev–Trinajstić information content (AvgIpc) is 3.50. The van der Waals surface area contributed by atoms with E-state index in [-0.39, 0.29) is 11.8 Å². The van der Waals surface area contributed by atoms with E-state index in [4.69, 9.17) is 11.6 Å². The summed E-state index contributed by atoms with van der Waals surface area (Å²) in [6, 6.07) is 16.9. The molecule has 0 saturated heterocycles. The van der Waals surface area contributed by atoms with E-state index in [1.54, 1.807) is 12.3 Å². The lowest BCUT2D eigenvalue weighted by atomic mass is 10.0. The molecule has 1 heterocycles. The topological polar surface area (TPSA) is 71.1 Å². The summed E-state index contributed by atoms with van der Waals surface area (Å²) < 4.78 is 0. The highest BCUT2D eigenvalue weighted by Crippen LogP contribution is 2.47. The molecule has 0 bridgehead atoms. The van der Waals surface area contributed by atoms with Gasteiger partial charge in [0.05, 0.1) is 11.2 Å². The maximum Gasteiger partial charge on any atom is 0.240 e. The Morgan fingerprint density at radius 1 is 1.04 bits per heavy atom. The number of para-hydroxylation sites is 1. The molecule has 1 fully saturated rings. The maximum atomic E-state index is 12.8. The number of nitrogens with zero attached hydrogens (tertiary/aromatic N) is 1. The van der Waals surface area contributed by atoms with Crippen LogP contribution in [0.5, 0.6) is 0 Å². The first-order valence-corrected chi connectivity index (χ1v) is 9.64. The molecule has 28 heavy (non-hydrogen) atoms. The Morgan fingerprint density at radius 3 is 2.61 bits per heavy atom. The Balaban J connectivity index is 1.40. The van der Waals surface area contributed by atoms with Crippen molar-refractivity contribution in [2.24, 2.45) is 5.41 Å². The van der Waals surface area contributed by atoms with Crippen LogP contribution in [0.25, 0.3) is 10.9 Å². The molecule has 1 aliphatic rings. The number of pyridine rings is 1. The first kappa shape index (κ1) is 18.4. The number of aromatic nitrogens is 1. The third kappa shape index (κ3) is 3.71. The molecular formula is C22H20ClN3O2. The number of nitrogens with one attached hydrogen (secondary N) is 2. The third-order valence-corrected chi connectivity index (χ3v) is 5.32. The van der Waals surface area contributed by atoms with Crippen LogP contribution in [-0.2, 0) is 16.0 Å². The Kier molecular flexibility index (Phi) is 5.01. The minimum absolute atomic E-state index is 0.222. The quantitative estimate of drug-likeness (QED) is 0.622. The van der Waals surface area contributed by atoms with Crippen molar-refractivity contribution in [1.82, 2.24) is 10.3 Å². The lowest BCUT2D eigenvalue weighted by Gasteiger charge is -2.16. The number of hydrogen-bond acceptors (Lipinski definition) is 3. The van der Waals surface area contributed by atoms with Gasteiger partial charge in [0, 0.05) is 23.2 Å². The first-order valence-electron chi connectivity index (χ1n) is 9.26. The van der Waals surface area contributed by atoms with Crippen molar-refractivity contribution in [3.05, 3.63) is 71.4 Å². The number of rotatable bonds is 6. The first-order chi connectivity index (χ1) is 13.6. The normalized spacial score (nSPS) is 14.5. The average molecular weight is 394 g/mol. The van der Waals surface area contributed by atoms with E-state index >= 15 is 0 Å². The number of anilines is 1. The summed E-state index contributed by atoms with van der Waals surface area (Å²) in [5.41, 5.74) is 1.41. The van der Waals surface area contributed by atoms with Gasteiger partial charge in [-0.3, -0.25) is 14.6 Å². The SMILES string of the molecule is O=C(NCCc1cccc(Cl)c1)C1(C(=O)Nc2cccc3cccnc23)CC1. The second kappa shape index (κ2) is 7.60. The van der Waals surface area contributed by atoms with Crippen molar-refractivity contribution in [2.45, 2.75) is 19.3 Å². The van der Waals surface area contributed by atoms with Crippen LogP contribution >= 0.6 is 11.6 Å². The summed E-state index contributed by atoms with van der Waals surface area (Å²) in [6.07, 6.45) is 3.46. The molecule has 2 aromatic carbocycles. The monoisotopic (exact) mass is 393 g/mol. The minimum Gasteiger partial charge on any atom is -0.355 e. The standard InChI is InChI=1S/C22H20ClN3O2/c23-17-7-1-4-15(14-17)9-13-25-20(27)22(10-11-22)21(28)26-18-8-2-5-16-6-3-12-24-19(16)18/h1-8,12,14H,9-11,13H2,(H,25,27)(H,26,28). The highest BCUT2D eigenvalue weighted by atomic mass is 35.5. The van der Waals surface area contributed by atoms with Crippen LogP contribution in [-0.4, -0.2) is 23.3 Å². The summed E-state index contributed by atoms with van der Waals surface area (Å²) in [4.78, 5) is 29.9. The number of carbonyl (C=O) groups is 2. The third-order valence-electron chi connectivity index (χ3n) is 5.09. The number of benzene rings is 2. The van der Waals surface area contributed by atoms with Gasteiger partial charge in [-0.15, -0.1) is 0 Å². The maximum absolute atomic E-state index is 12.8. The molecule has 4 rings (SSSR count). The van der Waals surface area contributed by atoms with Crippen LogP contribution in [0.3, 0.4) is 0 Å². The van der Waals surface area contributed by atoms with Gasteiger partial charge in [0.25, 0.3) is 0 Å². The fourth-order valence-corrected chi connectivity index (χ4v) is 3.52. The molecule has 0 aliphatic heterocycles. The molecule has 1 aromatic heterocycles. The molecule has 2 N–H and O–H groups in total. The zero-order valence-electron chi connectivity index (χ0n) is 15.2. The van der Waals surface area contributed by atoms with E-state index in [9.17, 15) is 9.59 Å². The molecule has 3 aromatic rings. The molecule has 1 aliphatic carbocycles. The van der Waals surface area contributed by atoms with Gasteiger partial charge in [0.2, 0.25) is 11.8 Å². The molecule has 6 heteroatoms. The molecule has 5 nitrogen and oxygen atoms in total. The highest BCUT2D eigenvalue weighted by Gasteiger charge is 2.56. The van der Waals surface area contributed by atoms with E-state index < -0.39 is 5.41 Å². The van der Waals surface area contributed by atoms with E-state index in [0.29, 0.717) is 36.5 Å². The number of halogens is 1. The van der Waals surface area contributed by atoms with Crippen molar-refractivity contribution < 1.29 is 9.59 Å². The molecule has 0 spiro atoms. The lowest BCUT2D eigenvalue weighted by molar-refractivity contribution is -0.134. The summed E-state index contributed by atoms with van der Waals surface area (Å²) >= 11 is 5.98. The predicted octanol–water partition coefficient (Wildman–Crippen LogP) is 3.97. The zero-order chi connectivity index (χ0) is 19.6. The number of fused-ring (bicyclic) bond motifs is 1. The second-order valence-electron chi connectivity index (χ2n) is 7.05. The van der Waals surface area contributed by atoms with Crippen LogP contribution in [0.4, 0.5) is 5.69 Å². The van der Waals surface area contributed by atoms with Gasteiger partial charge < -0.3 is 10.6 Å². The highest BCUT2D eigenvalue weighted by molar-refractivity contribution is 6.30. The van der Waals surface area contributed by atoms with E-state index in [1.165, 1.54) is 0 Å².